The summed E-state index contributed by atoms with van der Waals surface area (Å²) in [6.45, 7) is 2.05. The number of hydrogen-bond acceptors (Lipinski definition) is 1. The van der Waals surface area contributed by atoms with Crippen molar-refractivity contribution in [3.05, 3.63) is 34.3 Å². The van der Waals surface area contributed by atoms with Crippen LogP contribution in [0.5, 0.6) is 0 Å². The molecule has 0 radical (unpaired) electrons. The molecule has 60 valence electrons. The maximum absolute atomic E-state index is 10.7. The quantitative estimate of drug-likeness (QED) is 0.534. The van der Waals surface area contributed by atoms with E-state index in [0.29, 0.717) is 14.5 Å². The Kier molecular flexibility index (Phi) is 1.87. The summed E-state index contributed by atoms with van der Waals surface area (Å²) >= 11 is 0.382. The SMILES string of the molecule is Cc1[se]c2ccccc2c1C=O. The van der Waals surface area contributed by atoms with Crippen LogP contribution in [0, 0.1) is 6.92 Å². The third kappa shape index (κ3) is 1.04. The maximum atomic E-state index is 10.7. The van der Waals surface area contributed by atoms with Crippen molar-refractivity contribution in [3.63, 3.8) is 0 Å². The van der Waals surface area contributed by atoms with Crippen LogP contribution in [-0.4, -0.2) is 20.8 Å². The van der Waals surface area contributed by atoms with Gasteiger partial charge in [0.05, 0.1) is 0 Å². The molecule has 0 aliphatic rings. The third-order valence-corrected chi connectivity index (χ3v) is 4.25. The second kappa shape index (κ2) is 2.89. The van der Waals surface area contributed by atoms with Crippen LogP contribution in [0.4, 0.5) is 0 Å². The first-order chi connectivity index (χ1) is 5.83. The van der Waals surface area contributed by atoms with Crippen LogP contribution in [0.2, 0.25) is 0 Å². The van der Waals surface area contributed by atoms with E-state index in [0.717, 1.165) is 17.2 Å². The summed E-state index contributed by atoms with van der Waals surface area (Å²) < 4.78 is 2.59. The monoisotopic (exact) mass is 224 g/mol. The number of carbonyl (C=O) groups is 1. The molecule has 1 aromatic heterocycles. The van der Waals surface area contributed by atoms with E-state index in [1.807, 2.05) is 25.1 Å². The van der Waals surface area contributed by atoms with Gasteiger partial charge in [-0.15, -0.1) is 0 Å². The molecule has 1 nitrogen and oxygen atoms in total. The van der Waals surface area contributed by atoms with E-state index in [-0.39, 0.29) is 0 Å². The predicted octanol–water partition coefficient (Wildman–Crippen LogP) is 2.02. The van der Waals surface area contributed by atoms with E-state index in [1.165, 1.54) is 8.70 Å². The normalized spacial score (nSPS) is 10.4. The fourth-order valence-corrected chi connectivity index (χ4v) is 3.50. The van der Waals surface area contributed by atoms with Gasteiger partial charge in [-0.05, 0) is 0 Å². The van der Waals surface area contributed by atoms with Crippen molar-refractivity contribution in [1.82, 2.24) is 0 Å². The number of benzene rings is 1. The number of fused-ring (bicyclic) bond motifs is 1. The molecular formula is C10H8OSe. The second-order valence-electron chi connectivity index (χ2n) is 2.69. The van der Waals surface area contributed by atoms with Gasteiger partial charge in [0.25, 0.3) is 0 Å². The molecular weight excluding hydrogens is 215 g/mol. The Balaban J connectivity index is 2.90. The molecule has 12 heavy (non-hydrogen) atoms. The fraction of sp³-hybridized carbons (Fsp3) is 0.100. The Hall–Kier alpha value is -0.851. The fourth-order valence-electron chi connectivity index (χ4n) is 1.33. The molecule has 0 amide bonds. The molecule has 0 fully saturated rings. The van der Waals surface area contributed by atoms with Crippen molar-refractivity contribution in [3.8, 4) is 0 Å². The average Bonchev–Trinajstić information content (AvgIpc) is 2.40. The van der Waals surface area contributed by atoms with Gasteiger partial charge in [0.15, 0.2) is 0 Å². The van der Waals surface area contributed by atoms with Crippen molar-refractivity contribution in [1.29, 1.82) is 0 Å². The van der Waals surface area contributed by atoms with E-state index >= 15 is 0 Å². The van der Waals surface area contributed by atoms with Crippen molar-refractivity contribution in [2.45, 2.75) is 6.92 Å². The number of aldehydes is 1. The number of rotatable bonds is 1. The van der Waals surface area contributed by atoms with Gasteiger partial charge in [0.2, 0.25) is 0 Å². The first kappa shape index (κ1) is 7.78. The van der Waals surface area contributed by atoms with Gasteiger partial charge in [-0.3, -0.25) is 0 Å². The molecule has 2 heteroatoms. The zero-order valence-corrected chi connectivity index (χ0v) is 8.42. The molecule has 2 rings (SSSR count). The Morgan fingerprint density at radius 3 is 2.83 bits per heavy atom. The zero-order valence-electron chi connectivity index (χ0n) is 6.70. The Labute approximate surface area is 76.8 Å². The van der Waals surface area contributed by atoms with Crippen LogP contribution in [0.3, 0.4) is 0 Å². The molecule has 0 atom stereocenters. The summed E-state index contributed by atoms with van der Waals surface area (Å²) in [5, 5.41) is 1.14. The van der Waals surface area contributed by atoms with Crippen LogP contribution >= 0.6 is 0 Å². The molecule has 0 aliphatic heterocycles. The minimum absolute atomic E-state index is 0.382. The topological polar surface area (TPSA) is 17.1 Å². The van der Waals surface area contributed by atoms with Crippen LogP contribution in [0.25, 0.3) is 9.65 Å². The van der Waals surface area contributed by atoms with Gasteiger partial charge in [0, 0.05) is 0 Å². The third-order valence-electron chi connectivity index (χ3n) is 1.94. The summed E-state index contributed by atoms with van der Waals surface area (Å²) in [6.07, 6.45) is 0.975. The van der Waals surface area contributed by atoms with E-state index in [9.17, 15) is 4.79 Å². The van der Waals surface area contributed by atoms with Gasteiger partial charge in [0.1, 0.15) is 0 Å². The number of carbonyl (C=O) groups excluding carboxylic acids is 1. The van der Waals surface area contributed by atoms with Crippen molar-refractivity contribution in [2.75, 3.05) is 0 Å². The molecule has 1 aromatic carbocycles. The van der Waals surface area contributed by atoms with Gasteiger partial charge in [-0.25, -0.2) is 0 Å². The molecule has 0 N–H and O–H groups in total. The van der Waals surface area contributed by atoms with E-state index in [2.05, 4.69) is 6.07 Å². The summed E-state index contributed by atoms with van der Waals surface area (Å²) in [6, 6.07) is 8.14. The first-order valence-electron chi connectivity index (χ1n) is 3.76. The van der Waals surface area contributed by atoms with E-state index in [4.69, 9.17) is 0 Å². The molecule has 2 aromatic rings. The number of aryl methyl sites for hydroxylation is 1. The predicted molar refractivity (Wildman–Crippen MR) is 51.0 cm³/mol. The summed E-state index contributed by atoms with van der Waals surface area (Å²) in [7, 11) is 0. The second-order valence-corrected chi connectivity index (χ2v) is 5.32. The Morgan fingerprint density at radius 2 is 2.08 bits per heavy atom. The first-order valence-corrected chi connectivity index (χ1v) is 5.47. The molecule has 0 bridgehead atoms. The van der Waals surface area contributed by atoms with E-state index in [1.54, 1.807) is 0 Å². The van der Waals surface area contributed by atoms with Gasteiger partial charge < -0.3 is 0 Å². The molecule has 0 aliphatic carbocycles. The van der Waals surface area contributed by atoms with Gasteiger partial charge >= 0.3 is 76.4 Å². The van der Waals surface area contributed by atoms with Crippen LogP contribution in [0.1, 0.15) is 14.8 Å². The average molecular weight is 223 g/mol. The summed E-state index contributed by atoms with van der Waals surface area (Å²) in [5.41, 5.74) is 0.908. The molecule has 0 unspecified atom stereocenters. The minimum atomic E-state index is 0.382. The molecule has 0 spiro atoms. The summed E-state index contributed by atoms with van der Waals surface area (Å²) in [5.74, 6) is 0. The van der Waals surface area contributed by atoms with E-state index < -0.39 is 0 Å². The van der Waals surface area contributed by atoms with Crippen LogP contribution in [-0.2, 0) is 0 Å². The van der Waals surface area contributed by atoms with Crippen molar-refractivity contribution < 1.29 is 4.79 Å². The Bertz CT molecular complexity index is 428. The standard InChI is InChI=1S/C10H8OSe/c1-7-9(6-11)8-4-2-3-5-10(8)12-7/h2-6H,1H3. The Morgan fingerprint density at radius 1 is 1.33 bits per heavy atom. The molecule has 0 saturated heterocycles. The van der Waals surface area contributed by atoms with Crippen molar-refractivity contribution in [2.24, 2.45) is 0 Å². The molecule has 1 heterocycles. The molecule has 0 saturated carbocycles. The van der Waals surface area contributed by atoms with Gasteiger partial charge in [-0.2, -0.15) is 0 Å². The van der Waals surface area contributed by atoms with Crippen LogP contribution < -0.4 is 0 Å². The van der Waals surface area contributed by atoms with Crippen molar-refractivity contribution >= 4 is 30.4 Å². The summed E-state index contributed by atoms with van der Waals surface area (Å²) in [4.78, 5) is 10.7. The van der Waals surface area contributed by atoms with Gasteiger partial charge in [-0.1, -0.05) is 0 Å². The zero-order chi connectivity index (χ0) is 8.55. The number of hydrogen-bond donors (Lipinski definition) is 0. The van der Waals surface area contributed by atoms with Crippen LogP contribution in [0.15, 0.2) is 24.3 Å².